The summed E-state index contributed by atoms with van der Waals surface area (Å²) in [4.78, 5) is 16.0. The van der Waals surface area contributed by atoms with Gasteiger partial charge in [-0.05, 0) is 37.6 Å². The fraction of sp³-hybridized carbons (Fsp3) is 0.250. The van der Waals surface area contributed by atoms with Gasteiger partial charge in [-0.3, -0.25) is 4.98 Å². The first kappa shape index (κ1) is 15.1. The van der Waals surface area contributed by atoms with Crippen molar-refractivity contribution < 1.29 is 18.3 Å². The number of rotatable bonds is 4. The number of esters is 1. The summed E-state index contributed by atoms with van der Waals surface area (Å²) in [6, 6.07) is 6.55. The highest BCUT2D eigenvalue weighted by molar-refractivity contribution is 5.91. The second kappa shape index (κ2) is 6.43. The normalized spacial score (nSPS) is 10.5. The van der Waals surface area contributed by atoms with Gasteiger partial charge in [-0.2, -0.15) is 0 Å². The fourth-order valence-electron chi connectivity index (χ4n) is 2.05. The monoisotopic (exact) mass is 291 g/mol. The summed E-state index contributed by atoms with van der Waals surface area (Å²) in [7, 11) is 0. The Morgan fingerprint density at radius 3 is 2.38 bits per heavy atom. The molecule has 3 nitrogen and oxygen atoms in total. The van der Waals surface area contributed by atoms with E-state index in [2.05, 4.69) is 4.98 Å². The molecule has 0 fully saturated rings. The van der Waals surface area contributed by atoms with Gasteiger partial charge in [0.2, 0.25) is 0 Å². The minimum absolute atomic E-state index is 0.162. The summed E-state index contributed by atoms with van der Waals surface area (Å²) >= 11 is 0. The Hall–Kier alpha value is -2.30. The van der Waals surface area contributed by atoms with Gasteiger partial charge in [0, 0.05) is 0 Å². The fourth-order valence-corrected chi connectivity index (χ4v) is 2.05. The molecule has 21 heavy (non-hydrogen) atoms. The largest absolute Gasteiger partial charge is 0.462 e. The lowest BCUT2D eigenvalue weighted by atomic mass is 10.1. The first-order valence-corrected chi connectivity index (χ1v) is 6.69. The van der Waals surface area contributed by atoms with Crippen molar-refractivity contribution >= 4 is 5.97 Å². The number of hydrogen-bond acceptors (Lipinski definition) is 3. The molecule has 1 aromatic heterocycles. The third-order valence-corrected chi connectivity index (χ3v) is 3.02. The summed E-state index contributed by atoms with van der Waals surface area (Å²) in [6.07, 6.45) is 0.456. The van der Waals surface area contributed by atoms with Gasteiger partial charge in [0.1, 0.15) is 11.6 Å². The van der Waals surface area contributed by atoms with Crippen molar-refractivity contribution in [2.75, 3.05) is 6.61 Å². The maximum Gasteiger partial charge on any atom is 0.339 e. The van der Waals surface area contributed by atoms with Crippen LogP contribution in [0.15, 0.2) is 30.3 Å². The first-order chi connectivity index (χ1) is 10.1. The number of hydrogen-bond donors (Lipinski definition) is 0. The molecule has 2 aromatic rings. The molecular formula is C16H15F2NO2. The standard InChI is InChI=1S/C16H15F2NO2/c1-3-13-10(16(20)21-4-2)8-9-14(19-13)15-11(17)6-5-7-12(15)18/h5-9H,3-4H2,1-2H3. The molecule has 0 spiro atoms. The van der Waals surface area contributed by atoms with Gasteiger partial charge in [0.15, 0.2) is 0 Å². The zero-order valence-corrected chi connectivity index (χ0v) is 11.8. The van der Waals surface area contributed by atoms with Gasteiger partial charge < -0.3 is 4.74 Å². The minimum Gasteiger partial charge on any atom is -0.462 e. The van der Waals surface area contributed by atoms with Gasteiger partial charge in [-0.1, -0.05) is 13.0 Å². The molecule has 0 aliphatic rings. The van der Waals surface area contributed by atoms with Crippen LogP contribution in [0.25, 0.3) is 11.3 Å². The molecule has 110 valence electrons. The lowest BCUT2D eigenvalue weighted by Crippen LogP contribution is -2.10. The molecule has 1 heterocycles. The van der Waals surface area contributed by atoms with Crippen LogP contribution in [0.2, 0.25) is 0 Å². The van der Waals surface area contributed by atoms with Crippen molar-refractivity contribution in [1.82, 2.24) is 4.98 Å². The van der Waals surface area contributed by atoms with E-state index >= 15 is 0 Å². The van der Waals surface area contributed by atoms with Crippen molar-refractivity contribution in [2.24, 2.45) is 0 Å². The van der Waals surface area contributed by atoms with E-state index < -0.39 is 17.6 Å². The summed E-state index contributed by atoms with van der Waals surface area (Å²) in [5.74, 6) is -1.86. The average Bonchev–Trinajstić information content (AvgIpc) is 2.47. The van der Waals surface area contributed by atoms with Crippen molar-refractivity contribution in [3.8, 4) is 11.3 Å². The number of ether oxygens (including phenoxy) is 1. The van der Waals surface area contributed by atoms with E-state index in [9.17, 15) is 13.6 Å². The van der Waals surface area contributed by atoms with Gasteiger partial charge in [0.25, 0.3) is 0 Å². The highest BCUT2D eigenvalue weighted by Gasteiger charge is 2.17. The molecule has 0 unspecified atom stereocenters. The predicted octanol–water partition coefficient (Wildman–Crippen LogP) is 3.77. The molecule has 0 bridgehead atoms. The lowest BCUT2D eigenvalue weighted by Gasteiger charge is -2.10. The molecule has 2 rings (SSSR count). The van der Waals surface area contributed by atoms with E-state index in [1.807, 2.05) is 6.92 Å². The Morgan fingerprint density at radius 2 is 1.81 bits per heavy atom. The third kappa shape index (κ3) is 3.07. The lowest BCUT2D eigenvalue weighted by molar-refractivity contribution is 0.0524. The number of nitrogens with zero attached hydrogens (tertiary/aromatic N) is 1. The Bertz CT molecular complexity index is 651. The molecule has 0 atom stereocenters. The van der Waals surface area contributed by atoms with Crippen LogP contribution in [-0.2, 0) is 11.2 Å². The molecule has 1 aromatic carbocycles. The number of carbonyl (C=O) groups excluding carboxylic acids is 1. The summed E-state index contributed by atoms with van der Waals surface area (Å²) in [6.45, 7) is 3.78. The Morgan fingerprint density at radius 1 is 1.14 bits per heavy atom. The van der Waals surface area contributed by atoms with Crippen molar-refractivity contribution in [1.29, 1.82) is 0 Å². The van der Waals surface area contributed by atoms with E-state index in [0.717, 1.165) is 0 Å². The van der Waals surface area contributed by atoms with Crippen LogP contribution < -0.4 is 0 Å². The first-order valence-electron chi connectivity index (χ1n) is 6.69. The van der Waals surface area contributed by atoms with Crippen LogP contribution in [0, 0.1) is 11.6 Å². The van der Waals surface area contributed by atoms with Crippen LogP contribution in [0.5, 0.6) is 0 Å². The van der Waals surface area contributed by atoms with E-state index in [-0.39, 0.29) is 17.9 Å². The smallest absolute Gasteiger partial charge is 0.339 e. The second-order valence-corrected chi connectivity index (χ2v) is 4.36. The van der Waals surface area contributed by atoms with E-state index in [0.29, 0.717) is 17.7 Å². The summed E-state index contributed by atoms with van der Waals surface area (Å²) in [5, 5.41) is 0. The second-order valence-electron chi connectivity index (χ2n) is 4.36. The number of pyridine rings is 1. The highest BCUT2D eigenvalue weighted by atomic mass is 19.1. The molecular weight excluding hydrogens is 276 g/mol. The van der Waals surface area contributed by atoms with Crippen LogP contribution >= 0.6 is 0 Å². The number of halogens is 2. The topological polar surface area (TPSA) is 39.2 Å². The Balaban J connectivity index is 2.51. The van der Waals surface area contributed by atoms with Crippen LogP contribution in [0.3, 0.4) is 0 Å². The van der Waals surface area contributed by atoms with E-state index in [1.165, 1.54) is 30.3 Å². The molecule has 0 amide bonds. The Kier molecular flexibility index (Phi) is 4.62. The van der Waals surface area contributed by atoms with Crippen LogP contribution in [0.4, 0.5) is 8.78 Å². The third-order valence-electron chi connectivity index (χ3n) is 3.02. The maximum absolute atomic E-state index is 13.8. The molecule has 0 radical (unpaired) electrons. The van der Waals surface area contributed by atoms with Gasteiger partial charge in [0.05, 0.1) is 29.1 Å². The van der Waals surface area contributed by atoms with Crippen molar-refractivity contribution in [3.63, 3.8) is 0 Å². The van der Waals surface area contributed by atoms with Crippen molar-refractivity contribution in [3.05, 3.63) is 53.2 Å². The Labute approximate surface area is 121 Å². The number of aromatic nitrogens is 1. The van der Waals surface area contributed by atoms with Crippen LogP contribution in [-0.4, -0.2) is 17.6 Å². The quantitative estimate of drug-likeness (QED) is 0.805. The van der Waals surface area contributed by atoms with Crippen LogP contribution in [0.1, 0.15) is 29.9 Å². The maximum atomic E-state index is 13.8. The molecule has 0 saturated heterocycles. The van der Waals surface area contributed by atoms with Gasteiger partial charge in [-0.25, -0.2) is 13.6 Å². The summed E-state index contributed by atoms with van der Waals surface area (Å²) in [5.41, 5.74) is 0.742. The SMILES string of the molecule is CCOC(=O)c1ccc(-c2c(F)cccc2F)nc1CC. The van der Waals surface area contributed by atoms with Gasteiger partial charge >= 0.3 is 5.97 Å². The molecule has 0 aliphatic carbocycles. The molecule has 0 N–H and O–H groups in total. The predicted molar refractivity (Wildman–Crippen MR) is 74.9 cm³/mol. The van der Waals surface area contributed by atoms with Crippen molar-refractivity contribution in [2.45, 2.75) is 20.3 Å². The number of benzene rings is 1. The summed E-state index contributed by atoms with van der Waals surface area (Å²) < 4.78 is 32.5. The van der Waals surface area contributed by atoms with Gasteiger partial charge in [-0.15, -0.1) is 0 Å². The molecule has 0 aliphatic heterocycles. The molecule has 5 heteroatoms. The minimum atomic E-state index is -0.687. The zero-order chi connectivity index (χ0) is 15.4. The highest BCUT2D eigenvalue weighted by Crippen LogP contribution is 2.25. The number of aryl methyl sites for hydroxylation is 1. The number of carbonyl (C=O) groups is 1. The van der Waals surface area contributed by atoms with E-state index in [4.69, 9.17) is 4.74 Å². The average molecular weight is 291 g/mol. The van der Waals surface area contributed by atoms with E-state index in [1.54, 1.807) is 6.92 Å². The zero-order valence-electron chi connectivity index (χ0n) is 11.8. The molecule has 0 saturated carbocycles.